The number of carbonyl (C=O) groups is 2. The molecule has 0 radical (unpaired) electrons. The molecule has 7 heteroatoms. The summed E-state index contributed by atoms with van der Waals surface area (Å²) in [6, 6.07) is 0.0261. The molecular weight excluding hydrogens is 214 g/mol. The fourth-order valence-corrected chi connectivity index (χ4v) is 1.13. The predicted octanol–water partition coefficient (Wildman–Crippen LogP) is 0.314. The minimum atomic E-state index is -0.529. The van der Waals surface area contributed by atoms with Crippen LogP contribution in [0.25, 0.3) is 0 Å². The lowest BCUT2D eigenvalue weighted by Gasteiger charge is -1.97. The van der Waals surface area contributed by atoms with Crippen LogP contribution in [0.15, 0.2) is 10.7 Å². The average Bonchev–Trinajstić information content (AvgIpc) is 3.00. The molecule has 1 aromatic rings. The van der Waals surface area contributed by atoms with Gasteiger partial charge in [-0.05, 0) is 12.8 Å². The van der Waals surface area contributed by atoms with Crippen LogP contribution in [0.2, 0.25) is 0 Å². The lowest BCUT2D eigenvalue weighted by atomic mass is 10.4. The molecule has 2 amide bonds. The minimum absolute atomic E-state index is 0.0261. The second-order valence-electron chi connectivity index (χ2n) is 3.44. The van der Waals surface area contributed by atoms with E-state index in [2.05, 4.69) is 20.6 Å². The number of hydroxylamine groups is 1. The van der Waals surface area contributed by atoms with Crippen LogP contribution in [0.5, 0.6) is 0 Å². The van der Waals surface area contributed by atoms with Crippen molar-refractivity contribution in [2.45, 2.75) is 12.8 Å². The summed E-state index contributed by atoms with van der Waals surface area (Å²) in [4.78, 5) is 30.8. The number of nitrogens with one attached hydrogen (secondary N) is 2. The van der Waals surface area contributed by atoms with Gasteiger partial charge in [-0.1, -0.05) is 0 Å². The van der Waals surface area contributed by atoms with Crippen molar-refractivity contribution in [3.63, 3.8) is 0 Å². The first-order chi connectivity index (χ1) is 7.70. The van der Waals surface area contributed by atoms with Crippen LogP contribution in [0.1, 0.15) is 23.3 Å². The summed E-state index contributed by atoms with van der Waals surface area (Å²) in [7, 11) is 1.31. The minimum Gasteiger partial charge on any atom is -0.431 e. The third-order valence-electron chi connectivity index (χ3n) is 2.11. The van der Waals surface area contributed by atoms with E-state index in [0.29, 0.717) is 0 Å². The van der Waals surface area contributed by atoms with Gasteiger partial charge in [0.2, 0.25) is 5.91 Å². The zero-order valence-corrected chi connectivity index (χ0v) is 8.65. The van der Waals surface area contributed by atoms with Crippen LogP contribution >= 0.6 is 0 Å². The maximum absolute atomic E-state index is 11.3. The quantitative estimate of drug-likeness (QED) is 0.719. The largest absolute Gasteiger partial charge is 0.431 e. The molecule has 0 unspecified atom stereocenters. The fourth-order valence-electron chi connectivity index (χ4n) is 1.13. The van der Waals surface area contributed by atoms with Gasteiger partial charge in [-0.2, -0.15) is 4.98 Å². The molecule has 0 spiro atoms. The van der Waals surface area contributed by atoms with E-state index in [0.717, 1.165) is 19.1 Å². The first kappa shape index (κ1) is 10.6. The Morgan fingerprint density at radius 2 is 2.31 bits per heavy atom. The molecular formula is C9H11N3O4. The SMILES string of the molecule is CONC(=O)c1coc(NC(=O)C2CC2)n1. The lowest BCUT2D eigenvalue weighted by Crippen LogP contribution is -2.22. The molecule has 1 heterocycles. The van der Waals surface area contributed by atoms with Gasteiger partial charge in [-0.25, -0.2) is 5.48 Å². The van der Waals surface area contributed by atoms with Crippen molar-refractivity contribution in [3.8, 4) is 0 Å². The van der Waals surface area contributed by atoms with Gasteiger partial charge in [0.15, 0.2) is 5.69 Å². The third kappa shape index (κ3) is 2.37. The molecule has 0 aliphatic heterocycles. The molecule has 0 bridgehead atoms. The Bertz CT molecular complexity index is 411. The number of hydrogen-bond donors (Lipinski definition) is 2. The predicted molar refractivity (Wildman–Crippen MR) is 52.3 cm³/mol. The van der Waals surface area contributed by atoms with Crippen LogP contribution in [0.3, 0.4) is 0 Å². The number of aromatic nitrogens is 1. The Morgan fingerprint density at radius 3 is 2.94 bits per heavy atom. The number of oxazole rings is 1. The maximum Gasteiger partial charge on any atom is 0.302 e. The first-order valence-electron chi connectivity index (χ1n) is 4.80. The van der Waals surface area contributed by atoms with E-state index in [1.54, 1.807) is 0 Å². The van der Waals surface area contributed by atoms with E-state index >= 15 is 0 Å². The van der Waals surface area contributed by atoms with Gasteiger partial charge in [0.05, 0.1) is 7.11 Å². The van der Waals surface area contributed by atoms with Gasteiger partial charge in [0.1, 0.15) is 6.26 Å². The molecule has 1 aliphatic carbocycles. The van der Waals surface area contributed by atoms with E-state index in [1.807, 2.05) is 0 Å². The molecule has 0 atom stereocenters. The first-order valence-corrected chi connectivity index (χ1v) is 4.80. The van der Waals surface area contributed by atoms with Crippen LogP contribution in [-0.2, 0) is 9.63 Å². The highest BCUT2D eigenvalue weighted by molar-refractivity contribution is 5.94. The molecule has 1 aliphatic rings. The van der Waals surface area contributed by atoms with Gasteiger partial charge in [-0.15, -0.1) is 0 Å². The average molecular weight is 225 g/mol. The topological polar surface area (TPSA) is 93.5 Å². The van der Waals surface area contributed by atoms with E-state index < -0.39 is 5.91 Å². The number of nitrogens with zero attached hydrogens (tertiary/aromatic N) is 1. The summed E-state index contributed by atoms with van der Waals surface area (Å²) in [5, 5.41) is 2.48. The number of hydrogen-bond acceptors (Lipinski definition) is 5. The molecule has 1 aromatic heterocycles. The molecule has 16 heavy (non-hydrogen) atoms. The second kappa shape index (κ2) is 4.31. The molecule has 2 rings (SSSR count). The van der Waals surface area contributed by atoms with E-state index in [9.17, 15) is 9.59 Å². The van der Waals surface area contributed by atoms with Crippen molar-refractivity contribution in [2.75, 3.05) is 12.4 Å². The van der Waals surface area contributed by atoms with Crippen molar-refractivity contribution in [1.82, 2.24) is 10.5 Å². The van der Waals surface area contributed by atoms with Gasteiger partial charge in [0, 0.05) is 5.92 Å². The van der Waals surface area contributed by atoms with Gasteiger partial charge in [0.25, 0.3) is 5.91 Å². The van der Waals surface area contributed by atoms with Crippen LogP contribution < -0.4 is 10.8 Å². The Morgan fingerprint density at radius 1 is 1.56 bits per heavy atom. The van der Waals surface area contributed by atoms with Crippen LogP contribution in [0, 0.1) is 5.92 Å². The Hall–Kier alpha value is -1.89. The monoisotopic (exact) mass is 225 g/mol. The molecule has 7 nitrogen and oxygen atoms in total. The molecule has 1 saturated carbocycles. The van der Waals surface area contributed by atoms with Crippen molar-refractivity contribution in [2.24, 2.45) is 5.92 Å². The highest BCUT2D eigenvalue weighted by Crippen LogP contribution is 2.29. The molecule has 0 saturated heterocycles. The standard InChI is InChI=1S/C9H11N3O4/c1-15-12-8(14)6-4-16-9(10-6)11-7(13)5-2-3-5/h4-5H,2-3H2,1H3,(H,12,14)(H,10,11,13). The van der Waals surface area contributed by atoms with Gasteiger partial charge < -0.3 is 4.42 Å². The fraction of sp³-hybridized carbons (Fsp3) is 0.444. The van der Waals surface area contributed by atoms with Crippen LogP contribution in [0.4, 0.5) is 6.01 Å². The lowest BCUT2D eigenvalue weighted by molar-refractivity contribution is -0.117. The summed E-state index contributed by atoms with van der Waals surface area (Å²) < 4.78 is 4.92. The van der Waals surface area contributed by atoms with Crippen molar-refractivity contribution < 1.29 is 18.8 Å². The van der Waals surface area contributed by atoms with Gasteiger partial charge >= 0.3 is 6.01 Å². The van der Waals surface area contributed by atoms with E-state index in [4.69, 9.17) is 4.42 Å². The summed E-state index contributed by atoms with van der Waals surface area (Å²) in [6.07, 6.45) is 2.93. The molecule has 0 aromatic carbocycles. The number of rotatable bonds is 4. The normalized spacial score (nSPS) is 14.6. The van der Waals surface area contributed by atoms with Crippen molar-refractivity contribution in [3.05, 3.63) is 12.0 Å². The number of carbonyl (C=O) groups excluding carboxylic acids is 2. The summed E-state index contributed by atoms with van der Waals surface area (Å²) in [5.41, 5.74) is 2.14. The number of amides is 2. The highest BCUT2D eigenvalue weighted by atomic mass is 16.6. The summed E-state index contributed by atoms with van der Waals surface area (Å²) in [6.45, 7) is 0. The maximum atomic E-state index is 11.3. The third-order valence-corrected chi connectivity index (χ3v) is 2.11. The Kier molecular flexibility index (Phi) is 2.86. The molecule has 86 valence electrons. The zero-order chi connectivity index (χ0) is 11.5. The van der Waals surface area contributed by atoms with E-state index in [-0.39, 0.29) is 23.5 Å². The van der Waals surface area contributed by atoms with Crippen molar-refractivity contribution in [1.29, 1.82) is 0 Å². The summed E-state index contributed by atoms with van der Waals surface area (Å²) in [5.74, 6) is -0.595. The molecule has 2 N–H and O–H groups in total. The molecule has 1 fully saturated rings. The van der Waals surface area contributed by atoms with Crippen LogP contribution in [-0.4, -0.2) is 23.9 Å². The highest BCUT2D eigenvalue weighted by Gasteiger charge is 2.30. The Labute approximate surface area is 91.1 Å². The van der Waals surface area contributed by atoms with Gasteiger partial charge in [-0.3, -0.25) is 19.7 Å². The zero-order valence-electron chi connectivity index (χ0n) is 8.65. The Balaban J connectivity index is 1.95. The number of anilines is 1. The summed E-state index contributed by atoms with van der Waals surface area (Å²) >= 11 is 0. The van der Waals surface area contributed by atoms with E-state index in [1.165, 1.54) is 7.11 Å². The second-order valence-corrected chi connectivity index (χ2v) is 3.44. The van der Waals surface area contributed by atoms with Crippen molar-refractivity contribution >= 4 is 17.8 Å². The smallest absolute Gasteiger partial charge is 0.302 e.